The van der Waals surface area contributed by atoms with Gasteiger partial charge in [0.15, 0.2) is 0 Å². The lowest BCUT2D eigenvalue weighted by atomic mass is 10.2. The second-order valence-electron chi connectivity index (χ2n) is 2.10. The minimum Gasteiger partial charge on any atom is -0.296 e. The Hall–Kier alpha value is -0.0800. The molecule has 0 aromatic heterocycles. The van der Waals surface area contributed by atoms with E-state index in [1.807, 2.05) is 6.92 Å². The van der Waals surface area contributed by atoms with Gasteiger partial charge in [0.1, 0.15) is 6.61 Å². The van der Waals surface area contributed by atoms with Crippen molar-refractivity contribution in [2.75, 3.05) is 6.54 Å². The maximum atomic E-state index is 4.77. The summed E-state index contributed by atoms with van der Waals surface area (Å²) in [6, 6.07) is 0. The minimum absolute atomic E-state index is 0.648. The Bertz CT molecular complexity index is 45.8. The van der Waals surface area contributed by atoms with Crippen LogP contribution in [0.1, 0.15) is 20.8 Å². The number of hydroxylamine groups is 1. The normalized spacial score (nSPS) is 10.5. The van der Waals surface area contributed by atoms with Crippen LogP contribution in [-0.2, 0) is 4.84 Å². The van der Waals surface area contributed by atoms with E-state index in [1.54, 1.807) is 6.61 Å². The first kappa shape index (κ1) is 7.92. The van der Waals surface area contributed by atoms with Crippen molar-refractivity contribution in [2.24, 2.45) is 5.92 Å². The summed E-state index contributed by atoms with van der Waals surface area (Å²) >= 11 is 0. The summed E-state index contributed by atoms with van der Waals surface area (Å²) in [7, 11) is 0. The standard InChI is InChI=1S/C6H14NO/c1-4-8-7-5-6(2)3/h4,6-7H,5H2,1-3H3. The van der Waals surface area contributed by atoms with Gasteiger partial charge < -0.3 is 0 Å². The van der Waals surface area contributed by atoms with Crippen LogP contribution >= 0.6 is 0 Å². The molecule has 2 heteroatoms. The SMILES string of the molecule is C[CH]ONCC(C)C. The summed E-state index contributed by atoms with van der Waals surface area (Å²) in [5.41, 5.74) is 2.78. The molecular weight excluding hydrogens is 102 g/mol. The molecule has 0 aliphatic carbocycles. The number of nitrogens with one attached hydrogen (secondary N) is 1. The summed E-state index contributed by atoms with van der Waals surface area (Å²) in [5, 5.41) is 0. The molecule has 0 rings (SSSR count). The van der Waals surface area contributed by atoms with Crippen LogP contribution in [0.3, 0.4) is 0 Å². The van der Waals surface area contributed by atoms with Crippen molar-refractivity contribution in [3.63, 3.8) is 0 Å². The summed E-state index contributed by atoms with van der Waals surface area (Å²) in [5.74, 6) is 0.648. The predicted octanol–water partition coefficient (Wildman–Crippen LogP) is 1.35. The summed E-state index contributed by atoms with van der Waals surface area (Å²) < 4.78 is 0. The van der Waals surface area contributed by atoms with Crippen molar-refractivity contribution in [3.05, 3.63) is 6.61 Å². The maximum Gasteiger partial charge on any atom is 0.104 e. The van der Waals surface area contributed by atoms with Crippen LogP contribution in [0.2, 0.25) is 0 Å². The third kappa shape index (κ3) is 5.92. The molecule has 0 spiro atoms. The highest BCUT2D eigenvalue weighted by Gasteiger charge is 1.89. The van der Waals surface area contributed by atoms with Crippen LogP contribution in [0, 0.1) is 12.5 Å². The molecule has 1 N–H and O–H groups in total. The summed E-state index contributed by atoms with van der Waals surface area (Å²) in [4.78, 5) is 4.77. The average molecular weight is 116 g/mol. The van der Waals surface area contributed by atoms with E-state index in [0.717, 1.165) is 6.54 Å². The molecule has 0 bridgehead atoms. The van der Waals surface area contributed by atoms with E-state index in [0.29, 0.717) is 5.92 Å². The van der Waals surface area contributed by atoms with Gasteiger partial charge in [-0.05, 0) is 12.8 Å². The predicted molar refractivity (Wildman–Crippen MR) is 33.9 cm³/mol. The maximum absolute atomic E-state index is 4.77. The molecule has 0 aromatic rings. The largest absolute Gasteiger partial charge is 0.296 e. The van der Waals surface area contributed by atoms with E-state index in [4.69, 9.17) is 4.84 Å². The fourth-order valence-corrected chi connectivity index (χ4v) is 0.298. The van der Waals surface area contributed by atoms with Crippen LogP contribution in [-0.4, -0.2) is 6.54 Å². The first-order valence-electron chi connectivity index (χ1n) is 2.93. The van der Waals surface area contributed by atoms with Gasteiger partial charge in [0.25, 0.3) is 0 Å². The lowest BCUT2D eigenvalue weighted by Gasteiger charge is -2.04. The van der Waals surface area contributed by atoms with E-state index >= 15 is 0 Å². The van der Waals surface area contributed by atoms with Crippen molar-refractivity contribution in [2.45, 2.75) is 20.8 Å². The van der Waals surface area contributed by atoms with Crippen molar-refractivity contribution in [1.29, 1.82) is 0 Å². The first-order chi connectivity index (χ1) is 3.77. The minimum atomic E-state index is 0.648. The van der Waals surface area contributed by atoms with Gasteiger partial charge in [0.2, 0.25) is 0 Å². The summed E-state index contributed by atoms with van der Waals surface area (Å²) in [6.45, 7) is 8.64. The zero-order valence-electron chi connectivity index (χ0n) is 5.77. The number of hydrogen-bond acceptors (Lipinski definition) is 2. The van der Waals surface area contributed by atoms with Gasteiger partial charge in [-0.1, -0.05) is 13.8 Å². The second-order valence-corrected chi connectivity index (χ2v) is 2.10. The Morgan fingerprint density at radius 3 is 2.62 bits per heavy atom. The van der Waals surface area contributed by atoms with Crippen molar-refractivity contribution in [1.82, 2.24) is 5.48 Å². The van der Waals surface area contributed by atoms with E-state index in [-0.39, 0.29) is 0 Å². The Labute approximate surface area is 51.2 Å². The fraction of sp³-hybridized carbons (Fsp3) is 0.833. The van der Waals surface area contributed by atoms with Crippen molar-refractivity contribution < 1.29 is 4.84 Å². The molecule has 1 radical (unpaired) electrons. The Morgan fingerprint density at radius 1 is 1.62 bits per heavy atom. The molecule has 0 heterocycles. The van der Waals surface area contributed by atoms with Gasteiger partial charge in [-0.2, -0.15) is 0 Å². The number of hydrogen-bond donors (Lipinski definition) is 1. The highest BCUT2D eigenvalue weighted by molar-refractivity contribution is 4.42. The summed E-state index contributed by atoms with van der Waals surface area (Å²) in [6.07, 6.45) is 0. The Balaban J connectivity index is 2.72. The Kier molecular flexibility index (Phi) is 5.01. The molecule has 0 fully saturated rings. The quantitative estimate of drug-likeness (QED) is 0.442. The van der Waals surface area contributed by atoms with Crippen LogP contribution in [0.5, 0.6) is 0 Å². The lowest BCUT2D eigenvalue weighted by Crippen LogP contribution is -2.18. The van der Waals surface area contributed by atoms with Gasteiger partial charge >= 0.3 is 0 Å². The zero-order valence-corrected chi connectivity index (χ0v) is 5.77. The molecule has 0 aliphatic heterocycles. The monoisotopic (exact) mass is 116 g/mol. The third-order valence-electron chi connectivity index (χ3n) is 0.693. The molecule has 0 aliphatic rings. The second kappa shape index (κ2) is 5.06. The fourth-order valence-electron chi connectivity index (χ4n) is 0.298. The third-order valence-corrected chi connectivity index (χ3v) is 0.693. The molecule has 0 amide bonds. The smallest absolute Gasteiger partial charge is 0.104 e. The van der Waals surface area contributed by atoms with Gasteiger partial charge in [0, 0.05) is 6.54 Å². The molecule has 49 valence electrons. The molecule has 0 saturated heterocycles. The molecule has 0 aromatic carbocycles. The van der Waals surface area contributed by atoms with Crippen LogP contribution < -0.4 is 5.48 Å². The molecule has 0 saturated carbocycles. The zero-order chi connectivity index (χ0) is 6.41. The van der Waals surface area contributed by atoms with Crippen LogP contribution in [0.25, 0.3) is 0 Å². The molecule has 2 nitrogen and oxygen atoms in total. The van der Waals surface area contributed by atoms with Crippen LogP contribution in [0.4, 0.5) is 0 Å². The topological polar surface area (TPSA) is 21.3 Å². The van der Waals surface area contributed by atoms with Gasteiger partial charge in [-0.25, -0.2) is 5.48 Å². The molecule has 0 atom stereocenters. The highest BCUT2D eigenvalue weighted by Crippen LogP contribution is 1.86. The molecule has 8 heavy (non-hydrogen) atoms. The molecular formula is C6H14NO. The van der Waals surface area contributed by atoms with Gasteiger partial charge in [-0.15, -0.1) is 0 Å². The van der Waals surface area contributed by atoms with Gasteiger partial charge in [0.05, 0.1) is 0 Å². The van der Waals surface area contributed by atoms with E-state index in [1.165, 1.54) is 0 Å². The lowest BCUT2D eigenvalue weighted by molar-refractivity contribution is 0.0897. The van der Waals surface area contributed by atoms with Crippen molar-refractivity contribution >= 4 is 0 Å². The van der Waals surface area contributed by atoms with Crippen molar-refractivity contribution in [3.8, 4) is 0 Å². The van der Waals surface area contributed by atoms with E-state index in [9.17, 15) is 0 Å². The van der Waals surface area contributed by atoms with Crippen LogP contribution in [0.15, 0.2) is 0 Å². The van der Waals surface area contributed by atoms with E-state index < -0.39 is 0 Å². The average Bonchev–Trinajstić information content (AvgIpc) is 1.66. The first-order valence-corrected chi connectivity index (χ1v) is 2.93. The Morgan fingerprint density at radius 2 is 2.25 bits per heavy atom. The highest BCUT2D eigenvalue weighted by atomic mass is 16.6. The number of rotatable bonds is 4. The van der Waals surface area contributed by atoms with E-state index in [2.05, 4.69) is 19.3 Å². The molecule has 0 unspecified atom stereocenters. The van der Waals surface area contributed by atoms with Gasteiger partial charge in [-0.3, -0.25) is 4.84 Å².